The van der Waals surface area contributed by atoms with Gasteiger partial charge < -0.3 is 15.8 Å². The zero-order valence-corrected chi connectivity index (χ0v) is 11.1. The Balaban J connectivity index is 1.90. The lowest BCUT2D eigenvalue weighted by Crippen LogP contribution is -2.35. The van der Waals surface area contributed by atoms with Crippen molar-refractivity contribution in [2.24, 2.45) is 5.73 Å². The van der Waals surface area contributed by atoms with Crippen LogP contribution in [0.1, 0.15) is 18.4 Å². The van der Waals surface area contributed by atoms with Crippen LogP contribution in [0.5, 0.6) is 0 Å². The predicted octanol–water partition coefficient (Wildman–Crippen LogP) is 1.60. The lowest BCUT2D eigenvalue weighted by molar-refractivity contribution is -0.132. The number of halogens is 2. The molecule has 0 radical (unpaired) electrons. The number of hydrogen-bond donors (Lipinski definition) is 2. The van der Waals surface area contributed by atoms with Gasteiger partial charge in [-0.3, -0.25) is 4.79 Å². The first kappa shape index (κ1) is 14.2. The van der Waals surface area contributed by atoms with E-state index >= 15 is 0 Å². The number of rotatable bonds is 4. The van der Waals surface area contributed by atoms with Crippen molar-refractivity contribution in [3.63, 3.8) is 0 Å². The third-order valence-electron chi connectivity index (χ3n) is 3.16. The van der Waals surface area contributed by atoms with E-state index in [1.807, 2.05) is 0 Å². The third kappa shape index (κ3) is 3.43. The Labute approximate surface area is 116 Å². The maximum Gasteiger partial charge on any atom is 0.249 e. The fourth-order valence-electron chi connectivity index (χ4n) is 2.06. The monoisotopic (exact) mass is 286 g/mol. The van der Waals surface area contributed by atoms with Gasteiger partial charge in [-0.05, 0) is 25.0 Å². The fraction of sp³-hybridized carbons (Fsp3) is 0.462. The van der Waals surface area contributed by atoms with E-state index in [1.54, 1.807) is 6.07 Å². The SMILES string of the molecule is NC[C@H]1CC[C@@H](C(=O)NCc2c(F)cccc2Cl)O1. The maximum atomic E-state index is 13.5. The Morgan fingerprint density at radius 2 is 2.32 bits per heavy atom. The molecule has 0 aromatic heterocycles. The summed E-state index contributed by atoms with van der Waals surface area (Å²) in [6.07, 6.45) is 0.847. The summed E-state index contributed by atoms with van der Waals surface area (Å²) >= 11 is 5.88. The summed E-state index contributed by atoms with van der Waals surface area (Å²) in [5, 5.41) is 2.94. The highest BCUT2D eigenvalue weighted by molar-refractivity contribution is 6.31. The van der Waals surface area contributed by atoms with E-state index < -0.39 is 11.9 Å². The largest absolute Gasteiger partial charge is 0.364 e. The Hall–Kier alpha value is -1.17. The van der Waals surface area contributed by atoms with Crippen molar-refractivity contribution in [2.45, 2.75) is 31.6 Å². The van der Waals surface area contributed by atoms with Gasteiger partial charge in [0.1, 0.15) is 11.9 Å². The van der Waals surface area contributed by atoms with Crippen LogP contribution in [0.2, 0.25) is 5.02 Å². The van der Waals surface area contributed by atoms with Crippen molar-refractivity contribution in [1.82, 2.24) is 5.32 Å². The molecule has 1 amide bonds. The number of carbonyl (C=O) groups is 1. The van der Waals surface area contributed by atoms with Crippen molar-refractivity contribution in [1.29, 1.82) is 0 Å². The van der Waals surface area contributed by atoms with Crippen molar-refractivity contribution < 1.29 is 13.9 Å². The van der Waals surface area contributed by atoms with Gasteiger partial charge in [0.05, 0.1) is 6.10 Å². The minimum Gasteiger partial charge on any atom is -0.364 e. The van der Waals surface area contributed by atoms with Crippen LogP contribution < -0.4 is 11.1 Å². The molecular weight excluding hydrogens is 271 g/mol. The van der Waals surface area contributed by atoms with Gasteiger partial charge in [-0.15, -0.1) is 0 Å². The highest BCUT2D eigenvalue weighted by atomic mass is 35.5. The molecule has 1 fully saturated rings. The second kappa shape index (κ2) is 6.32. The molecule has 1 aliphatic rings. The van der Waals surface area contributed by atoms with E-state index in [-0.39, 0.29) is 24.1 Å². The first-order valence-electron chi connectivity index (χ1n) is 6.18. The lowest BCUT2D eigenvalue weighted by atomic mass is 10.1. The van der Waals surface area contributed by atoms with Crippen LogP contribution in [0.25, 0.3) is 0 Å². The maximum absolute atomic E-state index is 13.5. The van der Waals surface area contributed by atoms with E-state index in [0.717, 1.165) is 6.42 Å². The highest BCUT2D eigenvalue weighted by Crippen LogP contribution is 2.21. The van der Waals surface area contributed by atoms with Crippen LogP contribution in [0, 0.1) is 5.82 Å². The fourth-order valence-corrected chi connectivity index (χ4v) is 2.29. The molecule has 0 saturated carbocycles. The molecular formula is C13H16ClFN2O2. The molecule has 0 unspecified atom stereocenters. The molecule has 1 aromatic rings. The Morgan fingerprint density at radius 1 is 1.53 bits per heavy atom. The van der Waals surface area contributed by atoms with E-state index in [2.05, 4.69) is 5.32 Å². The third-order valence-corrected chi connectivity index (χ3v) is 3.52. The lowest BCUT2D eigenvalue weighted by Gasteiger charge is -2.13. The number of ether oxygens (including phenoxy) is 1. The minimum atomic E-state index is -0.501. The highest BCUT2D eigenvalue weighted by Gasteiger charge is 2.29. The average Bonchev–Trinajstić information content (AvgIpc) is 2.86. The second-order valence-electron chi connectivity index (χ2n) is 4.48. The standard InChI is InChI=1S/C13H16ClFN2O2/c14-10-2-1-3-11(15)9(10)7-17-13(18)12-5-4-8(6-16)19-12/h1-3,8,12H,4-7,16H2,(H,17,18)/t8-,12+/m1/s1. The molecule has 1 aliphatic heterocycles. The first-order valence-corrected chi connectivity index (χ1v) is 6.55. The van der Waals surface area contributed by atoms with Crippen molar-refractivity contribution in [3.8, 4) is 0 Å². The van der Waals surface area contributed by atoms with Gasteiger partial charge in [0, 0.05) is 23.7 Å². The van der Waals surface area contributed by atoms with Gasteiger partial charge in [0.25, 0.3) is 0 Å². The summed E-state index contributed by atoms with van der Waals surface area (Å²) in [5.74, 6) is -0.685. The Bertz CT molecular complexity index is 450. The van der Waals surface area contributed by atoms with Crippen LogP contribution in [0.4, 0.5) is 4.39 Å². The summed E-state index contributed by atoms with van der Waals surface area (Å²) < 4.78 is 19.0. The van der Waals surface area contributed by atoms with Crippen LogP contribution >= 0.6 is 11.6 Å². The van der Waals surface area contributed by atoms with Gasteiger partial charge in [-0.25, -0.2) is 4.39 Å². The van der Waals surface area contributed by atoms with Crippen molar-refractivity contribution in [2.75, 3.05) is 6.54 Å². The predicted molar refractivity (Wildman–Crippen MR) is 70.2 cm³/mol. The Kier molecular flexibility index (Phi) is 4.74. The molecule has 1 saturated heterocycles. The van der Waals surface area contributed by atoms with Crippen LogP contribution in [0.3, 0.4) is 0 Å². The average molecular weight is 287 g/mol. The number of carbonyl (C=O) groups excluding carboxylic acids is 1. The molecule has 1 aromatic carbocycles. The van der Waals surface area contributed by atoms with Crippen LogP contribution in [-0.4, -0.2) is 24.7 Å². The molecule has 19 heavy (non-hydrogen) atoms. The number of nitrogens with two attached hydrogens (primary N) is 1. The van der Waals surface area contributed by atoms with E-state index in [4.69, 9.17) is 22.1 Å². The topological polar surface area (TPSA) is 64.4 Å². The number of benzene rings is 1. The summed E-state index contributed by atoms with van der Waals surface area (Å²) in [4.78, 5) is 11.9. The second-order valence-corrected chi connectivity index (χ2v) is 4.89. The van der Waals surface area contributed by atoms with Crippen molar-refractivity contribution in [3.05, 3.63) is 34.6 Å². The van der Waals surface area contributed by atoms with Crippen molar-refractivity contribution >= 4 is 17.5 Å². The zero-order valence-electron chi connectivity index (χ0n) is 10.4. The summed E-state index contributed by atoms with van der Waals surface area (Å²) in [6.45, 7) is 0.459. The molecule has 0 spiro atoms. The molecule has 2 rings (SSSR count). The number of amides is 1. The quantitative estimate of drug-likeness (QED) is 0.884. The summed E-state index contributed by atoms with van der Waals surface area (Å²) in [5.41, 5.74) is 5.76. The molecule has 1 heterocycles. The van der Waals surface area contributed by atoms with E-state index in [0.29, 0.717) is 18.0 Å². The molecule has 4 nitrogen and oxygen atoms in total. The van der Waals surface area contributed by atoms with E-state index in [9.17, 15) is 9.18 Å². The smallest absolute Gasteiger partial charge is 0.249 e. The molecule has 6 heteroatoms. The minimum absolute atomic E-state index is 0.0531. The van der Waals surface area contributed by atoms with Crippen LogP contribution in [0.15, 0.2) is 18.2 Å². The van der Waals surface area contributed by atoms with Crippen LogP contribution in [-0.2, 0) is 16.1 Å². The molecule has 104 valence electrons. The summed E-state index contributed by atoms with van der Waals surface area (Å²) in [7, 11) is 0. The van der Waals surface area contributed by atoms with Gasteiger partial charge in [-0.2, -0.15) is 0 Å². The van der Waals surface area contributed by atoms with Gasteiger partial charge in [-0.1, -0.05) is 17.7 Å². The number of hydrogen-bond acceptors (Lipinski definition) is 3. The molecule has 3 N–H and O–H groups in total. The molecule has 0 aliphatic carbocycles. The summed E-state index contributed by atoms with van der Waals surface area (Å²) in [6, 6.07) is 4.42. The van der Waals surface area contributed by atoms with E-state index in [1.165, 1.54) is 12.1 Å². The first-order chi connectivity index (χ1) is 9.11. The Morgan fingerprint density at radius 3 is 2.95 bits per heavy atom. The zero-order chi connectivity index (χ0) is 13.8. The number of nitrogens with one attached hydrogen (secondary N) is 1. The molecule has 2 atom stereocenters. The van der Waals surface area contributed by atoms with Gasteiger partial charge in [0.15, 0.2) is 0 Å². The molecule has 0 bridgehead atoms. The van der Waals surface area contributed by atoms with Gasteiger partial charge >= 0.3 is 0 Å². The normalized spacial score (nSPS) is 22.5. The van der Waals surface area contributed by atoms with Gasteiger partial charge in [0.2, 0.25) is 5.91 Å².